The topological polar surface area (TPSA) is 101 Å². The first kappa shape index (κ1) is 19.4. The number of hydrogen-bond donors (Lipinski definition) is 1. The summed E-state index contributed by atoms with van der Waals surface area (Å²) in [6, 6.07) is 10.6. The summed E-state index contributed by atoms with van der Waals surface area (Å²) in [7, 11) is 0. The molecule has 0 saturated carbocycles. The fourth-order valence-corrected chi connectivity index (χ4v) is 3.68. The number of piperidine rings is 1. The number of halogens is 1. The van der Waals surface area contributed by atoms with Crippen LogP contribution < -0.4 is 5.32 Å². The minimum Gasteiger partial charge on any atom is -0.444 e. The smallest absolute Gasteiger partial charge is 0.289 e. The number of anilines is 1. The summed E-state index contributed by atoms with van der Waals surface area (Å²) in [5.74, 6) is 1.01. The van der Waals surface area contributed by atoms with Crippen LogP contribution in [0.25, 0.3) is 11.4 Å². The van der Waals surface area contributed by atoms with Crippen molar-refractivity contribution in [3.05, 3.63) is 52.7 Å². The zero-order valence-corrected chi connectivity index (χ0v) is 17.3. The van der Waals surface area contributed by atoms with Crippen LogP contribution in [0.4, 0.5) is 5.69 Å². The predicted molar refractivity (Wildman–Crippen MR) is 108 cm³/mol. The van der Waals surface area contributed by atoms with Gasteiger partial charge in [-0.25, -0.2) is 0 Å². The fourth-order valence-electron chi connectivity index (χ4n) is 3.37. The lowest BCUT2D eigenvalue weighted by atomic mass is 9.97. The van der Waals surface area contributed by atoms with Crippen molar-refractivity contribution in [2.75, 3.05) is 18.4 Å². The van der Waals surface area contributed by atoms with Crippen molar-refractivity contribution < 1.29 is 18.5 Å². The summed E-state index contributed by atoms with van der Waals surface area (Å²) in [4.78, 5) is 30.1. The monoisotopic (exact) mass is 458 g/mol. The molecule has 0 spiro atoms. The molecule has 9 heteroatoms. The molecule has 1 atom stereocenters. The first-order valence-electron chi connectivity index (χ1n) is 9.26. The predicted octanol–water partition coefficient (Wildman–Crippen LogP) is 4.07. The number of rotatable bonds is 4. The molecule has 0 radical (unpaired) electrons. The van der Waals surface area contributed by atoms with Crippen LogP contribution in [-0.4, -0.2) is 39.9 Å². The quantitative estimate of drug-likeness (QED) is 0.631. The molecular formula is C20H19BrN4O4. The second-order valence-corrected chi connectivity index (χ2v) is 7.69. The van der Waals surface area contributed by atoms with Crippen molar-refractivity contribution in [1.82, 2.24) is 15.0 Å². The van der Waals surface area contributed by atoms with Gasteiger partial charge in [0.15, 0.2) is 10.4 Å². The third-order valence-electron chi connectivity index (χ3n) is 4.75. The van der Waals surface area contributed by atoms with Crippen molar-refractivity contribution in [3.8, 4) is 11.4 Å². The van der Waals surface area contributed by atoms with Gasteiger partial charge in [0.25, 0.3) is 5.91 Å². The number of nitrogens with one attached hydrogen (secondary N) is 1. The number of amides is 2. The fraction of sp³-hybridized carbons (Fsp3) is 0.300. The molecule has 3 aromatic rings. The van der Waals surface area contributed by atoms with Gasteiger partial charge >= 0.3 is 0 Å². The molecule has 29 heavy (non-hydrogen) atoms. The van der Waals surface area contributed by atoms with E-state index in [0.717, 1.165) is 18.4 Å². The van der Waals surface area contributed by atoms with Crippen molar-refractivity contribution in [1.29, 1.82) is 0 Å². The van der Waals surface area contributed by atoms with E-state index in [4.69, 9.17) is 8.94 Å². The highest BCUT2D eigenvalue weighted by atomic mass is 79.9. The van der Waals surface area contributed by atoms with E-state index in [-0.39, 0.29) is 17.7 Å². The van der Waals surface area contributed by atoms with Gasteiger partial charge in [-0.15, -0.1) is 0 Å². The molecule has 0 bridgehead atoms. The molecular weight excluding hydrogens is 440 g/mol. The maximum absolute atomic E-state index is 12.6. The highest BCUT2D eigenvalue weighted by Gasteiger charge is 2.30. The summed E-state index contributed by atoms with van der Waals surface area (Å²) in [5.41, 5.74) is 1.49. The molecule has 8 nitrogen and oxygen atoms in total. The molecule has 4 rings (SSSR count). The number of aromatic nitrogens is 2. The van der Waals surface area contributed by atoms with Gasteiger partial charge in [0.2, 0.25) is 17.6 Å². The summed E-state index contributed by atoms with van der Waals surface area (Å²) in [6.45, 7) is 2.63. The third kappa shape index (κ3) is 4.40. The number of furan rings is 1. The zero-order valence-electron chi connectivity index (χ0n) is 15.7. The number of benzene rings is 1. The van der Waals surface area contributed by atoms with Crippen LogP contribution in [0.5, 0.6) is 0 Å². The molecule has 0 unspecified atom stereocenters. The first-order valence-corrected chi connectivity index (χ1v) is 10.0. The molecule has 1 saturated heterocycles. The van der Waals surface area contributed by atoms with Crippen molar-refractivity contribution in [3.63, 3.8) is 0 Å². The van der Waals surface area contributed by atoms with Gasteiger partial charge in [-0.3, -0.25) is 9.59 Å². The van der Waals surface area contributed by atoms with Crippen LogP contribution >= 0.6 is 15.9 Å². The minimum absolute atomic E-state index is 0.0222. The Morgan fingerprint density at radius 2 is 2.00 bits per heavy atom. The van der Waals surface area contributed by atoms with Crippen LogP contribution in [0.3, 0.4) is 0 Å². The zero-order chi connectivity index (χ0) is 20.4. The van der Waals surface area contributed by atoms with Crippen molar-refractivity contribution in [2.24, 2.45) is 0 Å². The standard InChI is InChI=1S/C20H19BrN4O4/c1-12(26)22-15-6-4-13(5-7-15)18-23-19(29-24-18)14-3-2-10-25(11-14)20(27)16-8-9-17(21)28-16/h4-9,14H,2-3,10-11H2,1H3,(H,22,26)/t14-/m1/s1. The highest BCUT2D eigenvalue weighted by Crippen LogP contribution is 2.29. The van der Waals surface area contributed by atoms with E-state index in [2.05, 4.69) is 31.4 Å². The average Bonchev–Trinajstić information content (AvgIpc) is 3.37. The van der Waals surface area contributed by atoms with Gasteiger partial charge in [-0.1, -0.05) is 5.16 Å². The second-order valence-electron chi connectivity index (χ2n) is 6.91. The molecule has 3 heterocycles. The maximum Gasteiger partial charge on any atom is 0.289 e. The van der Waals surface area contributed by atoms with E-state index in [9.17, 15) is 9.59 Å². The first-order chi connectivity index (χ1) is 14.0. The Kier molecular flexibility index (Phi) is 5.48. The summed E-state index contributed by atoms with van der Waals surface area (Å²) < 4.78 is 11.4. The Morgan fingerprint density at radius 1 is 1.21 bits per heavy atom. The number of likely N-dealkylation sites (tertiary alicyclic amines) is 1. The Bertz CT molecular complexity index is 1030. The van der Waals surface area contributed by atoms with Crippen LogP contribution in [0.2, 0.25) is 0 Å². The molecule has 1 fully saturated rings. The SMILES string of the molecule is CC(=O)Nc1ccc(-c2noc([C@@H]3CCCN(C(=O)c4ccc(Br)o4)C3)n2)cc1. The normalized spacial score (nSPS) is 16.6. The van der Waals surface area contributed by atoms with E-state index in [1.807, 2.05) is 12.1 Å². The Hall–Kier alpha value is -2.94. The molecule has 1 N–H and O–H groups in total. The summed E-state index contributed by atoms with van der Waals surface area (Å²) >= 11 is 3.22. The molecule has 2 amide bonds. The molecule has 1 aromatic carbocycles. The lowest BCUT2D eigenvalue weighted by Crippen LogP contribution is -2.39. The van der Waals surface area contributed by atoms with Gasteiger partial charge in [-0.05, 0) is 65.2 Å². The van der Waals surface area contributed by atoms with E-state index in [1.165, 1.54) is 6.92 Å². The van der Waals surface area contributed by atoms with Crippen molar-refractivity contribution in [2.45, 2.75) is 25.7 Å². The second kappa shape index (κ2) is 8.20. The largest absolute Gasteiger partial charge is 0.444 e. The molecule has 0 aliphatic carbocycles. The van der Waals surface area contributed by atoms with Gasteiger partial charge in [0.05, 0.1) is 5.92 Å². The Balaban J connectivity index is 1.46. The lowest BCUT2D eigenvalue weighted by Gasteiger charge is -2.30. The van der Waals surface area contributed by atoms with E-state index in [0.29, 0.717) is 40.9 Å². The van der Waals surface area contributed by atoms with Crippen LogP contribution in [-0.2, 0) is 4.79 Å². The molecule has 2 aromatic heterocycles. The number of nitrogens with zero attached hydrogens (tertiary/aromatic N) is 3. The van der Waals surface area contributed by atoms with Gasteiger partial charge in [-0.2, -0.15) is 4.98 Å². The van der Waals surface area contributed by atoms with Gasteiger partial charge in [0.1, 0.15) is 0 Å². The third-order valence-corrected chi connectivity index (χ3v) is 5.17. The number of carbonyl (C=O) groups is 2. The number of hydrogen-bond acceptors (Lipinski definition) is 6. The van der Waals surface area contributed by atoms with E-state index >= 15 is 0 Å². The van der Waals surface area contributed by atoms with Crippen LogP contribution in [0.1, 0.15) is 42.1 Å². The minimum atomic E-state index is -0.145. The summed E-state index contributed by atoms with van der Waals surface area (Å²) in [5, 5.41) is 6.80. The van der Waals surface area contributed by atoms with Crippen molar-refractivity contribution >= 4 is 33.4 Å². The molecule has 1 aliphatic heterocycles. The average molecular weight is 459 g/mol. The molecule has 1 aliphatic rings. The van der Waals surface area contributed by atoms with E-state index < -0.39 is 0 Å². The Morgan fingerprint density at radius 3 is 2.69 bits per heavy atom. The van der Waals surface area contributed by atoms with Gasteiger partial charge in [0, 0.05) is 31.3 Å². The Labute approximate surface area is 175 Å². The molecule has 150 valence electrons. The maximum atomic E-state index is 12.6. The lowest BCUT2D eigenvalue weighted by molar-refractivity contribution is -0.114. The summed E-state index contributed by atoms with van der Waals surface area (Å²) in [6.07, 6.45) is 1.72. The highest BCUT2D eigenvalue weighted by molar-refractivity contribution is 9.10. The van der Waals surface area contributed by atoms with Crippen LogP contribution in [0.15, 0.2) is 50.0 Å². The van der Waals surface area contributed by atoms with Gasteiger partial charge < -0.3 is 19.2 Å². The van der Waals surface area contributed by atoms with Crippen LogP contribution in [0, 0.1) is 0 Å². The number of carbonyl (C=O) groups excluding carboxylic acids is 2. The van der Waals surface area contributed by atoms with E-state index in [1.54, 1.807) is 29.2 Å².